The average molecular weight is 314 g/mol. The lowest BCUT2D eigenvalue weighted by Gasteiger charge is -2.25. The van der Waals surface area contributed by atoms with Crippen molar-refractivity contribution < 1.29 is 4.74 Å². The minimum absolute atomic E-state index is 0.487. The Kier molecular flexibility index (Phi) is 6.90. The van der Waals surface area contributed by atoms with Crippen molar-refractivity contribution in [3.05, 3.63) is 34.3 Å². The maximum absolute atomic E-state index is 5.30. The third-order valence-electron chi connectivity index (χ3n) is 3.16. The van der Waals surface area contributed by atoms with E-state index in [-0.39, 0.29) is 0 Å². The Morgan fingerprint density at radius 3 is 2.28 bits per heavy atom. The molecule has 1 rings (SSSR count). The summed E-state index contributed by atoms with van der Waals surface area (Å²) in [5, 5.41) is 3.53. The molecule has 18 heavy (non-hydrogen) atoms. The molecular formula is C15H24BrNO. The van der Waals surface area contributed by atoms with E-state index in [1.54, 1.807) is 7.11 Å². The predicted molar refractivity (Wildman–Crippen MR) is 81.1 cm³/mol. The quantitative estimate of drug-likeness (QED) is 0.826. The highest BCUT2D eigenvalue weighted by Gasteiger charge is 2.19. The van der Waals surface area contributed by atoms with Gasteiger partial charge in [-0.1, -0.05) is 48.8 Å². The van der Waals surface area contributed by atoms with Crippen LogP contribution in [0.1, 0.15) is 32.3 Å². The number of methoxy groups -OCH3 is 1. The summed E-state index contributed by atoms with van der Waals surface area (Å²) >= 11 is 3.48. The van der Waals surface area contributed by atoms with Crippen LogP contribution in [-0.2, 0) is 4.74 Å². The zero-order valence-electron chi connectivity index (χ0n) is 11.7. The summed E-state index contributed by atoms with van der Waals surface area (Å²) in [5.41, 5.74) is 1.37. The van der Waals surface area contributed by atoms with Crippen LogP contribution in [0.25, 0.3) is 0 Å². The molecule has 0 amide bonds. The molecule has 1 N–H and O–H groups in total. The van der Waals surface area contributed by atoms with Gasteiger partial charge in [0.25, 0.3) is 0 Å². The molecule has 0 fully saturated rings. The molecule has 0 spiro atoms. The van der Waals surface area contributed by atoms with Crippen LogP contribution in [0.15, 0.2) is 28.7 Å². The Morgan fingerprint density at radius 2 is 1.78 bits per heavy atom. The van der Waals surface area contributed by atoms with Gasteiger partial charge in [0.15, 0.2) is 0 Å². The van der Waals surface area contributed by atoms with Crippen LogP contribution in [0.3, 0.4) is 0 Å². The molecule has 0 saturated heterocycles. The number of benzene rings is 1. The van der Waals surface area contributed by atoms with E-state index in [0.29, 0.717) is 17.9 Å². The Bertz CT molecular complexity index is 337. The Hall–Kier alpha value is -0.380. The summed E-state index contributed by atoms with van der Waals surface area (Å²) in [6, 6.07) is 9.12. The predicted octanol–water partition coefficient (Wildman–Crippen LogP) is 3.81. The smallest absolute Gasteiger partial charge is 0.0494 e. The summed E-state index contributed by atoms with van der Waals surface area (Å²) in [4.78, 5) is 0. The topological polar surface area (TPSA) is 21.3 Å². The van der Waals surface area contributed by atoms with Crippen LogP contribution < -0.4 is 5.32 Å². The largest absolute Gasteiger partial charge is 0.384 e. The van der Waals surface area contributed by atoms with Crippen molar-refractivity contribution in [3.63, 3.8) is 0 Å². The van der Waals surface area contributed by atoms with E-state index in [0.717, 1.165) is 17.6 Å². The lowest BCUT2D eigenvalue weighted by molar-refractivity contribution is 0.145. The highest BCUT2D eigenvalue weighted by Crippen LogP contribution is 2.26. The fraction of sp³-hybridized carbons (Fsp3) is 0.600. The maximum atomic E-state index is 5.30. The molecule has 0 aromatic heterocycles. The molecule has 0 aliphatic rings. The summed E-state index contributed by atoms with van der Waals surface area (Å²) in [6.45, 7) is 8.39. The van der Waals surface area contributed by atoms with E-state index in [1.165, 1.54) is 5.56 Å². The van der Waals surface area contributed by atoms with Gasteiger partial charge in [-0.15, -0.1) is 0 Å². The molecule has 2 unspecified atom stereocenters. The number of hydrogen-bond donors (Lipinski definition) is 1. The van der Waals surface area contributed by atoms with Crippen LogP contribution in [-0.4, -0.2) is 26.3 Å². The van der Waals surface area contributed by atoms with Gasteiger partial charge in [0, 0.05) is 36.7 Å². The summed E-state index contributed by atoms with van der Waals surface area (Å²) < 4.78 is 6.43. The van der Waals surface area contributed by atoms with Crippen molar-refractivity contribution in [1.82, 2.24) is 5.32 Å². The second-order valence-corrected chi connectivity index (χ2v) is 6.07. The van der Waals surface area contributed by atoms with Crippen molar-refractivity contribution in [2.45, 2.75) is 32.7 Å². The minimum Gasteiger partial charge on any atom is -0.384 e. The fourth-order valence-corrected chi connectivity index (χ4v) is 2.36. The summed E-state index contributed by atoms with van der Waals surface area (Å²) in [5.74, 6) is 0.989. The van der Waals surface area contributed by atoms with Crippen molar-refractivity contribution in [2.75, 3.05) is 20.3 Å². The monoisotopic (exact) mass is 313 g/mol. The van der Waals surface area contributed by atoms with Crippen LogP contribution in [0.5, 0.6) is 0 Å². The van der Waals surface area contributed by atoms with Crippen LogP contribution in [0.2, 0.25) is 0 Å². The van der Waals surface area contributed by atoms with E-state index in [4.69, 9.17) is 4.74 Å². The van der Waals surface area contributed by atoms with Crippen molar-refractivity contribution in [1.29, 1.82) is 0 Å². The maximum Gasteiger partial charge on any atom is 0.0494 e. The first-order valence-corrected chi connectivity index (χ1v) is 7.31. The molecule has 0 aliphatic carbocycles. The molecule has 2 nitrogen and oxygen atoms in total. The van der Waals surface area contributed by atoms with Gasteiger partial charge >= 0.3 is 0 Å². The number of rotatable bonds is 7. The third kappa shape index (κ3) is 5.09. The lowest BCUT2D eigenvalue weighted by atomic mass is 9.87. The lowest BCUT2D eigenvalue weighted by Crippen LogP contribution is -2.31. The standard InChI is InChI=1S/C15H24BrNO/c1-11(2)17-9-15(12(3)10-18-4)13-5-7-14(16)8-6-13/h5-8,11-12,15,17H,9-10H2,1-4H3. The van der Waals surface area contributed by atoms with Crippen LogP contribution in [0, 0.1) is 5.92 Å². The first-order chi connectivity index (χ1) is 8.54. The highest BCUT2D eigenvalue weighted by atomic mass is 79.9. The molecule has 0 saturated carbocycles. The minimum atomic E-state index is 0.487. The summed E-state index contributed by atoms with van der Waals surface area (Å²) in [6.07, 6.45) is 0. The molecule has 0 aliphatic heterocycles. The Morgan fingerprint density at radius 1 is 1.17 bits per heavy atom. The molecular weight excluding hydrogens is 290 g/mol. The van der Waals surface area contributed by atoms with Gasteiger partial charge in [0.2, 0.25) is 0 Å². The van der Waals surface area contributed by atoms with Gasteiger partial charge in [0.1, 0.15) is 0 Å². The molecule has 1 aromatic rings. The van der Waals surface area contributed by atoms with Crippen molar-refractivity contribution >= 4 is 15.9 Å². The van der Waals surface area contributed by atoms with Gasteiger partial charge in [-0.05, 0) is 23.6 Å². The van der Waals surface area contributed by atoms with Gasteiger partial charge in [-0.3, -0.25) is 0 Å². The number of ether oxygens (including phenoxy) is 1. The van der Waals surface area contributed by atoms with E-state index in [1.807, 2.05) is 0 Å². The van der Waals surface area contributed by atoms with E-state index < -0.39 is 0 Å². The SMILES string of the molecule is COCC(C)C(CNC(C)C)c1ccc(Br)cc1. The van der Waals surface area contributed by atoms with Gasteiger partial charge in [-0.2, -0.15) is 0 Å². The van der Waals surface area contributed by atoms with Crippen LogP contribution >= 0.6 is 15.9 Å². The number of nitrogens with one attached hydrogen (secondary N) is 1. The first-order valence-electron chi connectivity index (χ1n) is 6.52. The van der Waals surface area contributed by atoms with Crippen molar-refractivity contribution in [2.24, 2.45) is 5.92 Å². The molecule has 1 aromatic carbocycles. The van der Waals surface area contributed by atoms with E-state index in [9.17, 15) is 0 Å². The van der Waals surface area contributed by atoms with E-state index in [2.05, 4.69) is 66.3 Å². The molecule has 102 valence electrons. The zero-order chi connectivity index (χ0) is 13.5. The summed E-state index contributed by atoms with van der Waals surface area (Å²) in [7, 11) is 1.77. The Balaban J connectivity index is 2.78. The normalized spacial score (nSPS) is 14.8. The van der Waals surface area contributed by atoms with Crippen LogP contribution in [0.4, 0.5) is 0 Å². The number of hydrogen-bond acceptors (Lipinski definition) is 2. The fourth-order valence-electron chi connectivity index (χ4n) is 2.10. The van der Waals surface area contributed by atoms with Gasteiger partial charge in [-0.25, -0.2) is 0 Å². The molecule has 2 atom stereocenters. The molecule has 3 heteroatoms. The molecule has 0 radical (unpaired) electrons. The first kappa shape index (κ1) is 15.7. The molecule has 0 bridgehead atoms. The molecule has 0 heterocycles. The number of halogens is 1. The van der Waals surface area contributed by atoms with Crippen molar-refractivity contribution in [3.8, 4) is 0 Å². The zero-order valence-corrected chi connectivity index (χ0v) is 13.3. The second-order valence-electron chi connectivity index (χ2n) is 5.15. The van der Waals surface area contributed by atoms with Gasteiger partial charge < -0.3 is 10.1 Å². The highest BCUT2D eigenvalue weighted by molar-refractivity contribution is 9.10. The third-order valence-corrected chi connectivity index (χ3v) is 3.69. The second kappa shape index (κ2) is 7.93. The van der Waals surface area contributed by atoms with E-state index >= 15 is 0 Å². The average Bonchev–Trinajstić information content (AvgIpc) is 2.31. The Labute approximate surface area is 119 Å². The van der Waals surface area contributed by atoms with Gasteiger partial charge in [0.05, 0.1) is 0 Å².